The van der Waals surface area contributed by atoms with Crippen molar-refractivity contribution in [2.24, 2.45) is 5.73 Å². The largest absolute Gasteiger partial charge is 0.345 e. The average molecular weight is 330 g/mol. The molecule has 5 nitrogen and oxygen atoms in total. The standard InChI is InChI=1S/C15H20FN3O2.ClH/c16-11-4-6-12(7-5-11)19-13(20)10-18-14(21)15(17)8-2-1-3-9-15;/h4-7H,1-3,8-10,17H2,(H,18,21)(H,19,20);1H. The van der Waals surface area contributed by atoms with E-state index in [1.165, 1.54) is 24.3 Å². The van der Waals surface area contributed by atoms with Gasteiger partial charge in [-0.25, -0.2) is 4.39 Å². The highest BCUT2D eigenvalue weighted by Gasteiger charge is 2.35. The van der Waals surface area contributed by atoms with E-state index < -0.39 is 5.54 Å². The van der Waals surface area contributed by atoms with Crippen molar-refractivity contribution in [3.8, 4) is 0 Å². The Kier molecular flexibility index (Phi) is 6.77. The molecule has 1 aliphatic rings. The molecule has 0 unspecified atom stereocenters. The highest BCUT2D eigenvalue weighted by atomic mass is 35.5. The van der Waals surface area contributed by atoms with Crippen molar-refractivity contribution in [2.45, 2.75) is 37.6 Å². The van der Waals surface area contributed by atoms with Crippen molar-refractivity contribution < 1.29 is 14.0 Å². The second-order valence-electron chi connectivity index (χ2n) is 5.45. The summed E-state index contributed by atoms with van der Waals surface area (Å²) in [4.78, 5) is 23.8. The van der Waals surface area contributed by atoms with Crippen molar-refractivity contribution in [1.29, 1.82) is 0 Å². The Morgan fingerprint density at radius 1 is 1.14 bits per heavy atom. The molecule has 1 saturated carbocycles. The topological polar surface area (TPSA) is 84.2 Å². The average Bonchev–Trinajstić information content (AvgIpc) is 2.48. The van der Waals surface area contributed by atoms with Gasteiger partial charge in [0, 0.05) is 5.69 Å². The molecule has 1 fully saturated rings. The number of hydrogen-bond acceptors (Lipinski definition) is 3. The summed E-state index contributed by atoms with van der Waals surface area (Å²) in [5.74, 6) is -1.02. The summed E-state index contributed by atoms with van der Waals surface area (Å²) in [6.07, 6.45) is 4.27. The normalized spacial score (nSPS) is 16.3. The van der Waals surface area contributed by atoms with Gasteiger partial charge in [-0.15, -0.1) is 12.4 Å². The first-order valence-corrected chi connectivity index (χ1v) is 7.12. The van der Waals surface area contributed by atoms with Crippen LogP contribution in [0.25, 0.3) is 0 Å². The summed E-state index contributed by atoms with van der Waals surface area (Å²) in [6.45, 7) is -0.144. The van der Waals surface area contributed by atoms with Crippen LogP contribution in [-0.2, 0) is 9.59 Å². The fraction of sp³-hybridized carbons (Fsp3) is 0.467. The highest BCUT2D eigenvalue weighted by Crippen LogP contribution is 2.25. The van der Waals surface area contributed by atoms with Crippen molar-refractivity contribution in [1.82, 2.24) is 5.32 Å². The molecule has 0 atom stereocenters. The van der Waals surface area contributed by atoms with E-state index in [4.69, 9.17) is 5.73 Å². The SMILES string of the molecule is Cl.NC1(C(=O)NCC(=O)Nc2ccc(F)cc2)CCCCC1. The van der Waals surface area contributed by atoms with Crippen LogP contribution in [0.15, 0.2) is 24.3 Å². The summed E-state index contributed by atoms with van der Waals surface area (Å²) in [6, 6.07) is 5.43. The molecule has 0 aliphatic heterocycles. The maximum absolute atomic E-state index is 12.7. The van der Waals surface area contributed by atoms with Crippen LogP contribution in [0.1, 0.15) is 32.1 Å². The number of carbonyl (C=O) groups is 2. The predicted molar refractivity (Wildman–Crippen MR) is 85.3 cm³/mol. The molecule has 0 heterocycles. The first-order chi connectivity index (χ1) is 9.99. The van der Waals surface area contributed by atoms with E-state index in [0.29, 0.717) is 18.5 Å². The minimum atomic E-state index is -0.853. The molecule has 122 valence electrons. The Balaban J connectivity index is 0.00000242. The van der Waals surface area contributed by atoms with Crippen molar-refractivity contribution in [3.05, 3.63) is 30.1 Å². The lowest BCUT2D eigenvalue weighted by Crippen LogP contribution is -2.56. The number of nitrogens with one attached hydrogen (secondary N) is 2. The molecule has 7 heteroatoms. The molecule has 1 aromatic rings. The molecular weight excluding hydrogens is 309 g/mol. The van der Waals surface area contributed by atoms with Crippen molar-refractivity contribution in [2.75, 3.05) is 11.9 Å². The number of benzene rings is 1. The van der Waals surface area contributed by atoms with Gasteiger partial charge in [0.1, 0.15) is 5.82 Å². The lowest BCUT2D eigenvalue weighted by molar-refractivity contribution is -0.129. The molecule has 2 amide bonds. The predicted octanol–water partition coefficient (Wildman–Crippen LogP) is 1.96. The number of nitrogens with two attached hydrogens (primary N) is 1. The fourth-order valence-electron chi connectivity index (χ4n) is 2.48. The van der Waals surface area contributed by atoms with Gasteiger partial charge in [-0.3, -0.25) is 9.59 Å². The summed E-state index contributed by atoms with van der Waals surface area (Å²) >= 11 is 0. The minimum Gasteiger partial charge on any atom is -0.345 e. The van der Waals surface area contributed by atoms with E-state index in [0.717, 1.165) is 19.3 Å². The van der Waals surface area contributed by atoms with Crippen LogP contribution >= 0.6 is 12.4 Å². The van der Waals surface area contributed by atoms with Crippen LogP contribution in [0.3, 0.4) is 0 Å². The number of halogens is 2. The van der Waals surface area contributed by atoms with E-state index in [-0.39, 0.29) is 36.6 Å². The molecule has 0 radical (unpaired) electrons. The van der Waals surface area contributed by atoms with E-state index in [1.54, 1.807) is 0 Å². The van der Waals surface area contributed by atoms with Gasteiger partial charge in [0.15, 0.2) is 0 Å². The smallest absolute Gasteiger partial charge is 0.243 e. The highest BCUT2D eigenvalue weighted by molar-refractivity contribution is 5.96. The lowest BCUT2D eigenvalue weighted by atomic mass is 9.82. The van der Waals surface area contributed by atoms with E-state index >= 15 is 0 Å². The Morgan fingerprint density at radius 3 is 2.32 bits per heavy atom. The van der Waals surface area contributed by atoms with Crippen LogP contribution < -0.4 is 16.4 Å². The quantitative estimate of drug-likeness (QED) is 0.789. The van der Waals surface area contributed by atoms with Gasteiger partial charge in [0.25, 0.3) is 0 Å². The van der Waals surface area contributed by atoms with Gasteiger partial charge in [-0.2, -0.15) is 0 Å². The van der Waals surface area contributed by atoms with E-state index in [9.17, 15) is 14.0 Å². The molecule has 4 N–H and O–H groups in total. The zero-order valence-electron chi connectivity index (χ0n) is 12.2. The Labute approximate surface area is 135 Å². The molecular formula is C15H21ClFN3O2. The first-order valence-electron chi connectivity index (χ1n) is 7.12. The monoisotopic (exact) mass is 329 g/mol. The Hall–Kier alpha value is -1.66. The van der Waals surface area contributed by atoms with Gasteiger partial charge in [0.05, 0.1) is 12.1 Å². The van der Waals surface area contributed by atoms with Crippen LogP contribution in [0, 0.1) is 5.82 Å². The zero-order valence-corrected chi connectivity index (χ0v) is 13.0. The maximum atomic E-state index is 12.7. The van der Waals surface area contributed by atoms with Gasteiger partial charge in [-0.1, -0.05) is 19.3 Å². The molecule has 2 rings (SSSR count). The first kappa shape index (κ1) is 18.4. The van der Waals surface area contributed by atoms with Gasteiger partial charge in [0.2, 0.25) is 11.8 Å². The van der Waals surface area contributed by atoms with Gasteiger partial charge in [-0.05, 0) is 37.1 Å². The van der Waals surface area contributed by atoms with Crippen LogP contribution in [0.2, 0.25) is 0 Å². The van der Waals surface area contributed by atoms with Crippen LogP contribution in [0.5, 0.6) is 0 Å². The fourth-order valence-corrected chi connectivity index (χ4v) is 2.48. The number of rotatable bonds is 4. The molecule has 0 saturated heterocycles. The van der Waals surface area contributed by atoms with E-state index in [2.05, 4.69) is 10.6 Å². The number of anilines is 1. The molecule has 0 spiro atoms. The molecule has 1 aromatic carbocycles. The zero-order chi connectivity index (χ0) is 15.3. The third kappa shape index (κ3) is 4.96. The number of hydrogen-bond donors (Lipinski definition) is 3. The maximum Gasteiger partial charge on any atom is 0.243 e. The third-order valence-electron chi connectivity index (χ3n) is 3.74. The molecule has 0 aromatic heterocycles. The summed E-state index contributed by atoms with van der Waals surface area (Å²) < 4.78 is 12.7. The molecule has 22 heavy (non-hydrogen) atoms. The summed E-state index contributed by atoms with van der Waals surface area (Å²) in [7, 11) is 0. The Morgan fingerprint density at radius 2 is 1.73 bits per heavy atom. The summed E-state index contributed by atoms with van der Waals surface area (Å²) in [5, 5.41) is 5.15. The summed E-state index contributed by atoms with van der Waals surface area (Å²) in [5.41, 5.74) is 5.70. The van der Waals surface area contributed by atoms with Crippen molar-refractivity contribution >= 4 is 29.9 Å². The lowest BCUT2D eigenvalue weighted by Gasteiger charge is -2.31. The second kappa shape index (κ2) is 8.10. The van der Waals surface area contributed by atoms with Gasteiger partial charge < -0.3 is 16.4 Å². The molecule has 1 aliphatic carbocycles. The van der Waals surface area contributed by atoms with E-state index in [1.807, 2.05) is 0 Å². The number of carbonyl (C=O) groups excluding carboxylic acids is 2. The van der Waals surface area contributed by atoms with Crippen LogP contribution in [0.4, 0.5) is 10.1 Å². The Bertz CT molecular complexity index is 516. The second-order valence-corrected chi connectivity index (χ2v) is 5.45. The molecule has 0 bridgehead atoms. The number of amides is 2. The van der Waals surface area contributed by atoms with Gasteiger partial charge >= 0.3 is 0 Å². The van der Waals surface area contributed by atoms with Crippen molar-refractivity contribution in [3.63, 3.8) is 0 Å². The van der Waals surface area contributed by atoms with Crippen LogP contribution in [-0.4, -0.2) is 23.9 Å². The minimum absolute atomic E-state index is 0. The third-order valence-corrected chi connectivity index (χ3v) is 3.74.